The van der Waals surface area contributed by atoms with Gasteiger partial charge in [-0.1, -0.05) is 27.5 Å². The first-order valence-electron chi connectivity index (χ1n) is 3.71. The monoisotopic (exact) mass is 282 g/mol. The van der Waals surface area contributed by atoms with Gasteiger partial charge in [0.1, 0.15) is 0 Å². The molecule has 0 radical (unpaired) electrons. The molecule has 0 aromatic heterocycles. The van der Waals surface area contributed by atoms with Gasteiger partial charge in [-0.3, -0.25) is 4.79 Å². The van der Waals surface area contributed by atoms with Crippen molar-refractivity contribution in [2.45, 2.75) is 13.3 Å². The molecule has 0 aliphatic rings. The molecular weight excluding hydrogens is 277 g/mol. The fourth-order valence-electron chi connectivity index (χ4n) is 0.999. The minimum atomic E-state index is -2.64. The summed E-state index contributed by atoms with van der Waals surface area (Å²) < 4.78 is 25.0. The van der Waals surface area contributed by atoms with Gasteiger partial charge in [0.05, 0.1) is 5.02 Å². The second kappa shape index (κ2) is 4.36. The van der Waals surface area contributed by atoms with Crippen LogP contribution in [0.5, 0.6) is 0 Å². The molecule has 0 spiro atoms. The van der Waals surface area contributed by atoms with E-state index in [2.05, 4.69) is 15.9 Å². The molecular formula is C9H6BrClF2O. The van der Waals surface area contributed by atoms with E-state index in [1.54, 1.807) is 0 Å². The van der Waals surface area contributed by atoms with Crippen LogP contribution in [-0.2, 0) is 0 Å². The maximum absolute atomic E-state index is 12.4. The van der Waals surface area contributed by atoms with Gasteiger partial charge < -0.3 is 0 Å². The summed E-state index contributed by atoms with van der Waals surface area (Å²) in [6.07, 6.45) is -2.64. The lowest BCUT2D eigenvalue weighted by atomic mass is 10.1. The van der Waals surface area contributed by atoms with Crippen LogP contribution in [-0.4, -0.2) is 5.78 Å². The number of alkyl halides is 2. The molecule has 1 aromatic rings. The highest BCUT2D eigenvalue weighted by molar-refractivity contribution is 9.10. The molecule has 1 nitrogen and oxygen atoms in total. The van der Waals surface area contributed by atoms with Crippen LogP contribution in [0.25, 0.3) is 0 Å². The number of hydrogen-bond acceptors (Lipinski definition) is 1. The Balaban J connectivity index is 3.31. The molecule has 14 heavy (non-hydrogen) atoms. The molecule has 0 aliphatic heterocycles. The van der Waals surface area contributed by atoms with Crippen molar-refractivity contribution < 1.29 is 13.6 Å². The van der Waals surface area contributed by atoms with E-state index in [4.69, 9.17) is 11.6 Å². The summed E-state index contributed by atoms with van der Waals surface area (Å²) in [5, 5.41) is -0.0894. The first-order chi connectivity index (χ1) is 6.43. The number of halogens is 4. The standard InChI is InChI=1S/C9H6BrClF2O/c1-4(14)5-3-8(11)6(9(12)13)2-7(5)10/h2-3,9H,1H3. The Morgan fingerprint density at radius 3 is 2.50 bits per heavy atom. The summed E-state index contributed by atoms with van der Waals surface area (Å²) in [5.41, 5.74) is 0.0305. The number of carbonyl (C=O) groups is 1. The predicted molar refractivity (Wildman–Crippen MR) is 54.1 cm³/mol. The highest BCUT2D eigenvalue weighted by Gasteiger charge is 2.16. The Hall–Kier alpha value is -0.480. The number of hydrogen-bond donors (Lipinski definition) is 0. The average molecular weight is 283 g/mol. The molecule has 1 aromatic carbocycles. The number of Topliss-reactive ketones (excluding diaryl/α,β-unsaturated/α-hetero) is 1. The molecule has 0 unspecified atom stereocenters. The molecule has 0 saturated heterocycles. The Labute approximate surface area is 93.2 Å². The van der Waals surface area contributed by atoms with Crippen LogP contribution < -0.4 is 0 Å². The quantitative estimate of drug-likeness (QED) is 0.742. The minimum Gasteiger partial charge on any atom is -0.294 e. The van der Waals surface area contributed by atoms with E-state index in [9.17, 15) is 13.6 Å². The lowest BCUT2D eigenvalue weighted by Crippen LogP contribution is -1.96. The van der Waals surface area contributed by atoms with Gasteiger partial charge in [-0.15, -0.1) is 0 Å². The second-order valence-electron chi connectivity index (χ2n) is 2.71. The van der Waals surface area contributed by atoms with Crippen LogP contribution in [0.3, 0.4) is 0 Å². The Kier molecular flexibility index (Phi) is 3.61. The van der Waals surface area contributed by atoms with Crippen LogP contribution in [0.2, 0.25) is 5.02 Å². The fraction of sp³-hybridized carbons (Fsp3) is 0.222. The van der Waals surface area contributed by atoms with Gasteiger partial charge >= 0.3 is 0 Å². The zero-order valence-corrected chi connectivity index (χ0v) is 9.49. The molecule has 5 heteroatoms. The fourth-order valence-corrected chi connectivity index (χ4v) is 1.89. The van der Waals surface area contributed by atoms with Crippen molar-refractivity contribution in [2.24, 2.45) is 0 Å². The van der Waals surface area contributed by atoms with Gasteiger partial charge in [-0.25, -0.2) is 8.78 Å². The van der Waals surface area contributed by atoms with Crippen molar-refractivity contribution in [1.82, 2.24) is 0 Å². The molecule has 0 heterocycles. The SMILES string of the molecule is CC(=O)c1cc(Cl)c(C(F)F)cc1Br. The molecule has 0 aliphatic carbocycles. The van der Waals surface area contributed by atoms with Crippen molar-refractivity contribution in [1.29, 1.82) is 0 Å². The van der Waals surface area contributed by atoms with Crippen LogP contribution in [0.15, 0.2) is 16.6 Å². The van der Waals surface area contributed by atoms with E-state index >= 15 is 0 Å². The van der Waals surface area contributed by atoms with Gasteiger partial charge in [0, 0.05) is 15.6 Å². The lowest BCUT2D eigenvalue weighted by molar-refractivity contribution is 0.101. The molecule has 0 N–H and O–H groups in total. The van der Waals surface area contributed by atoms with Crippen LogP contribution in [0.1, 0.15) is 29.3 Å². The highest BCUT2D eigenvalue weighted by atomic mass is 79.9. The summed E-state index contributed by atoms with van der Waals surface area (Å²) in [5.74, 6) is -0.223. The van der Waals surface area contributed by atoms with Crippen molar-refractivity contribution in [3.05, 3.63) is 32.8 Å². The zero-order chi connectivity index (χ0) is 10.9. The maximum atomic E-state index is 12.4. The average Bonchev–Trinajstić information content (AvgIpc) is 2.07. The summed E-state index contributed by atoms with van der Waals surface area (Å²) in [4.78, 5) is 11.0. The zero-order valence-electron chi connectivity index (χ0n) is 7.15. The molecule has 76 valence electrons. The molecule has 0 bridgehead atoms. The van der Waals surface area contributed by atoms with E-state index < -0.39 is 6.43 Å². The van der Waals surface area contributed by atoms with Crippen molar-refractivity contribution >= 4 is 33.3 Å². The molecule has 0 saturated carbocycles. The van der Waals surface area contributed by atoms with E-state index in [1.807, 2.05) is 0 Å². The first kappa shape index (κ1) is 11.6. The summed E-state index contributed by atoms with van der Waals surface area (Å²) >= 11 is 8.62. The Morgan fingerprint density at radius 1 is 1.50 bits per heavy atom. The number of ketones is 1. The molecule has 0 atom stereocenters. The van der Waals surface area contributed by atoms with E-state index in [0.717, 1.165) is 0 Å². The first-order valence-corrected chi connectivity index (χ1v) is 4.88. The van der Waals surface area contributed by atoms with Crippen LogP contribution in [0, 0.1) is 0 Å². The summed E-state index contributed by atoms with van der Waals surface area (Å²) in [6.45, 7) is 1.35. The minimum absolute atomic E-state index is 0.0894. The number of rotatable bonds is 2. The molecule has 0 fully saturated rings. The molecule has 0 amide bonds. The highest BCUT2D eigenvalue weighted by Crippen LogP contribution is 2.32. The lowest BCUT2D eigenvalue weighted by Gasteiger charge is -2.06. The van der Waals surface area contributed by atoms with Crippen molar-refractivity contribution in [2.75, 3.05) is 0 Å². The second-order valence-corrected chi connectivity index (χ2v) is 3.97. The molecule has 1 rings (SSSR count). The summed E-state index contributed by atoms with van der Waals surface area (Å²) in [7, 11) is 0. The third-order valence-electron chi connectivity index (χ3n) is 1.70. The Bertz CT molecular complexity index is 379. The van der Waals surface area contributed by atoms with Gasteiger partial charge in [-0.2, -0.15) is 0 Å². The smallest absolute Gasteiger partial charge is 0.265 e. The third-order valence-corrected chi connectivity index (χ3v) is 2.68. The maximum Gasteiger partial charge on any atom is 0.265 e. The predicted octanol–water partition coefficient (Wildman–Crippen LogP) is 4.24. The van der Waals surface area contributed by atoms with Crippen LogP contribution >= 0.6 is 27.5 Å². The van der Waals surface area contributed by atoms with E-state index in [0.29, 0.717) is 10.0 Å². The van der Waals surface area contributed by atoms with Crippen molar-refractivity contribution in [3.63, 3.8) is 0 Å². The van der Waals surface area contributed by atoms with Crippen molar-refractivity contribution in [3.8, 4) is 0 Å². The Morgan fingerprint density at radius 2 is 2.07 bits per heavy atom. The van der Waals surface area contributed by atoms with Gasteiger partial charge in [0.15, 0.2) is 5.78 Å². The number of carbonyl (C=O) groups excluding carboxylic acids is 1. The topological polar surface area (TPSA) is 17.1 Å². The normalized spacial score (nSPS) is 10.7. The van der Waals surface area contributed by atoms with Gasteiger partial charge in [-0.05, 0) is 19.1 Å². The number of benzene rings is 1. The van der Waals surface area contributed by atoms with Gasteiger partial charge in [0.25, 0.3) is 6.43 Å². The largest absolute Gasteiger partial charge is 0.294 e. The van der Waals surface area contributed by atoms with E-state index in [1.165, 1.54) is 19.1 Å². The van der Waals surface area contributed by atoms with Crippen LogP contribution in [0.4, 0.5) is 8.78 Å². The third kappa shape index (κ3) is 2.30. The van der Waals surface area contributed by atoms with E-state index in [-0.39, 0.29) is 16.4 Å². The summed E-state index contributed by atoms with van der Waals surface area (Å²) in [6, 6.07) is 2.42. The van der Waals surface area contributed by atoms with Gasteiger partial charge in [0.2, 0.25) is 0 Å².